The Balaban J connectivity index is 1.52. The lowest BCUT2D eigenvalue weighted by Crippen LogP contribution is -2.43. The molecule has 0 spiro atoms. The summed E-state index contributed by atoms with van der Waals surface area (Å²) < 4.78 is 0. The molecule has 0 aliphatic carbocycles. The SMILES string of the molecule is Cc1ccc(CN(CCc2ccccc2)CC(=O)NCC(=O)N2CCCC2)s1. The van der Waals surface area contributed by atoms with Crippen molar-refractivity contribution in [3.63, 3.8) is 0 Å². The van der Waals surface area contributed by atoms with Crippen molar-refractivity contribution in [1.29, 1.82) is 0 Å². The van der Waals surface area contributed by atoms with Crippen molar-refractivity contribution >= 4 is 23.2 Å². The predicted octanol–water partition coefficient (Wildman–Crippen LogP) is 2.84. The van der Waals surface area contributed by atoms with Crippen LogP contribution in [0.2, 0.25) is 0 Å². The number of benzene rings is 1. The molecule has 0 unspecified atom stereocenters. The van der Waals surface area contributed by atoms with E-state index in [1.54, 1.807) is 11.3 Å². The van der Waals surface area contributed by atoms with Gasteiger partial charge in [-0.05, 0) is 43.9 Å². The number of likely N-dealkylation sites (tertiary alicyclic amines) is 1. The summed E-state index contributed by atoms with van der Waals surface area (Å²) in [6, 6.07) is 14.6. The van der Waals surface area contributed by atoms with Crippen LogP contribution in [-0.4, -0.2) is 54.3 Å². The third-order valence-corrected chi connectivity index (χ3v) is 5.98. The highest BCUT2D eigenvalue weighted by Gasteiger charge is 2.19. The van der Waals surface area contributed by atoms with Crippen LogP contribution in [0.4, 0.5) is 0 Å². The van der Waals surface area contributed by atoms with Crippen molar-refractivity contribution in [3.8, 4) is 0 Å². The Morgan fingerprint density at radius 2 is 1.86 bits per heavy atom. The van der Waals surface area contributed by atoms with Crippen molar-refractivity contribution in [2.45, 2.75) is 32.7 Å². The van der Waals surface area contributed by atoms with Crippen molar-refractivity contribution < 1.29 is 9.59 Å². The minimum atomic E-state index is -0.0890. The molecule has 2 heterocycles. The number of thiophene rings is 1. The molecule has 0 bridgehead atoms. The van der Waals surface area contributed by atoms with E-state index in [1.165, 1.54) is 15.3 Å². The lowest BCUT2D eigenvalue weighted by atomic mass is 10.1. The molecule has 1 saturated heterocycles. The molecular weight excluding hydrogens is 370 g/mol. The second kappa shape index (κ2) is 10.4. The number of carbonyl (C=O) groups is 2. The maximum absolute atomic E-state index is 12.5. The molecule has 0 atom stereocenters. The molecule has 1 aliphatic rings. The minimum absolute atomic E-state index is 0.0237. The molecule has 0 radical (unpaired) electrons. The minimum Gasteiger partial charge on any atom is -0.346 e. The number of nitrogens with one attached hydrogen (secondary N) is 1. The third-order valence-electron chi connectivity index (χ3n) is 5.00. The molecule has 2 amide bonds. The van der Waals surface area contributed by atoms with Gasteiger partial charge in [0.1, 0.15) is 0 Å². The summed E-state index contributed by atoms with van der Waals surface area (Å²) in [4.78, 5) is 31.1. The maximum atomic E-state index is 12.5. The number of amides is 2. The fourth-order valence-electron chi connectivity index (χ4n) is 3.45. The van der Waals surface area contributed by atoms with Crippen molar-refractivity contribution in [2.75, 3.05) is 32.7 Å². The van der Waals surface area contributed by atoms with E-state index in [-0.39, 0.29) is 18.4 Å². The Labute approximate surface area is 171 Å². The predicted molar refractivity (Wildman–Crippen MR) is 113 cm³/mol. The molecule has 1 N–H and O–H groups in total. The van der Waals surface area contributed by atoms with Crippen LogP contribution in [0.25, 0.3) is 0 Å². The Bertz CT molecular complexity index is 769. The summed E-state index contributed by atoms with van der Waals surface area (Å²) in [5.74, 6) is -0.0653. The molecule has 5 nitrogen and oxygen atoms in total. The van der Waals surface area contributed by atoms with Crippen molar-refractivity contribution in [2.24, 2.45) is 0 Å². The van der Waals surface area contributed by atoms with Gasteiger partial charge >= 0.3 is 0 Å². The van der Waals surface area contributed by atoms with Gasteiger partial charge in [0.15, 0.2) is 0 Å². The number of carbonyl (C=O) groups excluding carboxylic acids is 2. The molecule has 1 aromatic carbocycles. The van der Waals surface area contributed by atoms with E-state index in [1.807, 2.05) is 23.1 Å². The van der Waals surface area contributed by atoms with Gasteiger partial charge in [0.25, 0.3) is 0 Å². The van der Waals surface area contributed by atoms with Crippen molar-refractivity contribution in [1.82, 2.24) is 15.1 Å². The van der Waals surface area contributed by atoms with Crippen molar-refractivity contribution in [3.05, 3.63) is 57.8 Å². The van der Waals surface area contributed by atoms with Gasteiger partial charge in [-0.25, -0.2) is 0 Å². The number of nitrogens with zero attached hydrogens (tertiary/aromatic N) is 2. The van der Waals surface area contributed by atoms with E-state index < -0.39 is 0 Å². The van der Waals surface area contributed by atoms with Crippen LogP contribution in [0.5, 0.6) is 0 Å². The zero-order chi connectivity index (χ0) is 19.8. The highest BCUT2D eigenvalue weighted by molar-refractivity contribution is 7.11. The van der Waals surface area contributed by atoms with Crippen LogP contribution in [0.15, 0.2) is 42.5 Å². The van der Waals surface area contributed by atoms with Crippen LogP contribution >= 0.6 is 11.3 Å². The molecule has 6 heteroatoms. The first kappa shape index (κ1) is 20.6. The Hall–Kier alpha value is -2.18. The summed E-state index contributed by atoms with van der Waals surface area (Å²) in [5.41, 5.74) is 1.26. The second-order valence-corrected chi connectivity index (χ2v) is 8.70. The molecule has 1 aliphatic heterocycles. The second-order valence-electron chi connectivity index (χ2n) is 7.32. The van der Waals surface area contributed by atoms with Gasteiger partial charge in [-0.1, -0.05) is 30.3 Å². The summed E-state index contributed by atoms with van der Waals surface area (Å²) in [5, 5.41) is 2.81. The first-order chi connectivity index (χ1) is 13.6. The Morgan fingerprint density at radius 3 is 2.54 bits per heavy atom. The molecular formula is C22H29N3O2S. The van der Waals surface area contributed by atoms with E-state index in [2.05, 4.69) is 41.4 Å². The van der Waals surface area contributed by atoms with Gasteiger partial charge in [0.05, 0.1) is 13.1 Å². The van der Waals surface area contributed by atoms with Crippen LogP contribution in [-0.2, 0) is 22.6 Å². The number of aryl methyl sites for hydroxylation is 1. The van der Waals surface area contributed by atoms with E-state index >= 15 is 0 Å². The quantitative estimate of drug-likeness (QED) is 0.705. The zero-order valence-corrected chi connectivity index (χ0v) is 17.3. The van der Waals surface area contributed by atoms with Gasteiger partial charge in [-0.3, -0.25) is 14.5 Å². The lowest BCUT2D eigenvalue weighted by molar-refractivity contribution is -0.132. The van der Waals surface area contributed by atoms with Gasteiger partial charge in [0.2, 0.25) is 11.8 Å². The number of hydrogen-bond acceptors (Lipinski definition) is 4. The fourth-order valence-corrected chi connectivity index (χ4v) is 4.38. The van der Waals surface area contributed by atoms with Crippen LogP contribution in [0.1, 0.15) is 28.2 Å². The van der Waals surface area contributed by atoms with E-state index in [9.17, 15) is 9.59 Å². The first-order valence-corrected chi connectivity index (χ1v) is 10.8. The Kier molecular flexibility index (Phi) is 7.62. The molecule has 1 aromatic heterocycles. The monoisotopic (exact) mass is 399 g/mol. The summed E-state index contributed by atoms with van der Waals surface area (Å²) in [6.07, 6.45) is 3.02. The first-order valence-electron chi connectivity index (χ1n) is 9.96. The smallest absolute Gasteiger partial charge is 0.241 e. The molecule has 0 saturated carbocycles. The largest absolute Gasteiger partial charge is 0.346 e. The standard InChI is InChI=1S/C22H29N3O2S/c1-18-9-10-20(28-18)16-24(14-11-19-7-3-2-4-8-19)17-21(26)23-15-22(27)25-12-5-6-13-25/h2-4,7-10H,5-6,11-17H2,1H3,(H,23,26). The summed E-state index contributed by atoms with van der Waals surface area (Å²) in [7, 11) is 0. The van der Waals surface area contributed by atoms with Gasteiger partial charge < -0.3 is 10.2 Å². The third kappa shape index (κ3) is 6.46. The molecule has 3 rings (SSSR count). The highest BCUT2D eigenvalue weighted by Crippen LogP contribution is 2.17. The van der Waals surface area contributed by atoms with E-state index in [4.69, 9.17) is 0 Å². The maximum Gasteiger partial charge on any atom is 0.241 e. The molecule has 1 fully saturated rings. The fraction of sp³-hybridized carbons (Fsp3) is 0.455. The molecule has 150 valence electrons. The molecule has 2 aromatic rings. The summed E-state index contributed by atoms with van der Waals surface area (Å²) in [6.45, 7) is 5.68. The molecule has 28 heavy (non-hydrogen) atoms. The topological polar surface area (TPSA) is 52.7 Å². The zero-order valence-electron chi connectivity index (χ0n) is 16.5. The van der Waals surface area contributed by atoms with Gasteiger partial charge in [0, 0.05) is 35.9 Å². The highest BCUT2D eigenvalue weighted by atomic mass is 32.1. The summed E-state index contributed by atoms with van der Waals surface area (Å²) >= 11 is 1.77. The van der Waals surface area contributed by atoms with E-state index in [0.717, 1.165) is 45.4 Å². The Morgan fingerprint density at radius 1 is 1.11 bits per heavy atom. The van der Waals surface area contributed by atoms with Crippen LogP contribution in [0.3, 0.4) is 0 Å². The van der Waals surface area contributed by atoms with E-state index in [0.29, 0.717) is 6.54 Å². The number of hydrogen-bond donors (Lipinski definition) is 1. The van der Waals surface area contributed by atoms with Crippen LogP contribution < -0.4 is 5.32 Å². The average molecular weight is 400 g/mol. The number of rotatable bonds is 9. The van der Waals surface area contributed by atoms with Crippen LogP contribution in [0, 0.1) is 6.92 Å². The van der Waals surface area contributed by atoms with Gasteiger partial charge in [-0.2, -0.15) is 0 Å². The van der Waals surface area contributed by atoms with Gasteiger partial charge in [-0.15, -0.1) is 11.3 Å². The lowest BCUT2D eigenvalue weighted by Gasteiger charge is -2.22. The average Bonchev–Trinajstić information content (AvgIpc) is 3.37. The normalized spacial score (nSPS) is 13.9.